The lowest BCUT2D eigenvalue weighted by Gasteiger charge is -2.42. The minimum Gasteiger partial charge on any atom is -0.497 e. The van der Waals surface area contributed by atoms with E-state index in [1.165, 1.54) is 12.8 Å². The number of benzene rings is 1. The van der Waals surface area contributed by atoms with Gasteiger partial charge in [-0.2, -0.15) is 0 Å². The van der Waals surface area contributed by atoms with Crippen molar-refractivity contribution in [3.63, 3.8) is 0 Å². The van der Waals surface area contributed by atoms with Crippen molar-refractivity contribution in [2.24, 2.45) is 0 Å². The van der Waals surface area contributed by atoms with E-state index in [2.05, 4.69) is 16.8 Å². The third-order valence-corrected chi connectivity index (χ3v) is 7.45. The zero-order valence-electron chi connectivity index (χ0n) is 20.6. The Morgan fingerprint density at radius 1 is 1.03 bits per heavy atom. The van der Waals surface area contributed by atoms with Crippen LogP contribution in [-0.2, 0) is 4.79 Å². The third-order valence-electron chi connectivity index (χ3n) is 7.45. The summed E-state index contributed by atoms with van der Waals surface area (Å²) in [6.07, 6.45) is 6.40. The summed E-state index contributed by atoms with van der Waals surface area (Å²) in [5.41, 5.74) is 0.336. The van der Waals surface area contributed by atoms with Crippen molar-refractivity contribution < 1.29 is 15.7 Å². The second-order valence-corrected chi connectivity index (χ2v) is 9.46. The smallest absolute Gasteiger partial charge is 0.254 e. The topological polar surface area (TPSA) is 56.3 Å². The summed E-state index contributed by atoms with van der Waals surface area (Å²) in [5, 5.41) is 0. The van der Waals surface area contributed by atoms with E-state index in [0.717, 1.165) is 65.0 Å². The van der Waals surface area contributed by atoms with Gasteiger partial charge in [-0.1, -0.05) is 12.8 Å². The van der Waals surface area contributed by atoms with Crippen LogP contribution in [0.2, 0.25) is 0 Å². The maximum absolute atomic E-state index is 13.4. The van der Waals surface area contributed by atoms with Crippen LogP contribution in [0.15, 0.2) is 24.2 Å². The Bertz CT molecular complexity index is 829. The Labute approximate surface area is 193 Å². The number of piperidine rings is 1. The van der Waals surface area contributed by atoms with Crippen LogP contribution in [0.3, 0.4) is 0 Å². The lowest BCUT2D eigenvalue weighted by atomic mass is 10.0. The van der Waals surface area contributed by atoms with Crippen LogP contribution in [0.4, 0.5) is 0 Å². The highest BCUT2D eigenvalue weighted by Gasteiger charge is 2.32. The maximum Gasteiger partial charge on any atom is 0.254 e. The molecule has 1 aromatic rings. The number of carbonyl (C=O) groups is 2. The molecule has 7 nitrogen and oxygen atoms in total. The van der Waals surface area contributed by atoms with Gasteiger partial charge in [0.05, 0.1) is 8.48 Å². The SMILES string of the molecule is [2H]c1cc(OC)ccc1C(=O)N(CC(=O)N1CCN(C2CCN(C)CC2)CC1)C1CCCC1. The molecule has 0 spiro atoms. The molecule has 2 heterocycles. The van der Waals surface area contributed by atoms with Crippen molar-refractivity contribution in [2.75, 3.05) is 60.0 Å². The van der Waals surface area contributed by atoms with E-state index in [1.54, 1.807) is 30.2 Å². The number of hydrogen-bond donors (Lipinski definition) is 0. The van der Waals surface area contributed by atoms with Gasteiger partial charge in [0.1, 0.15) is 12.3 Å². The molecular weight excluding hydrogens is 404 g/mol. The van der Waals surface area contributed by atoms with Gasteiger partial charge in [0.15, 0.2) is 0 Å². The van der Waals surface area contributed by atoms with Gasteiger partial charge >= 0.3 is 0 Å². The minimum absolute atomic E-state index is 0.0262. The number of likely N-dealkylation sites (tertiary alicyclic amines) is 1. The fourth-order valence-corrected chi connectivity index (χ4v) is 5.35. The summed E-state index contributed by atoms with van der Waals surface area (Å²) < 4.78 is 13.5. The molecule has 176 valence electrons. The van der Waals surface area contributed by atoms with Crippen molar-refractivity contribution in [1.29, 1.82) is 0 Å². The lowest BCUT2D eigenvalue weighted by molar-refractivity contribution is -0.134. The molecule has 3 aliphatic rings. The number of hydrogen-bond acceptors (Lipinski definition) is 5. The van der Waals surface area contributed by atoms with Gasteiger partial charge in [-0.3, -0.25) is 14.5 Å². The molecule has 32 heavy (non-hydrogen) atoms. The van der Waals surface area contributed by atoms with E-state index in [4.69, 9.17) is 6.11 Å². The van der Waals surface area contributed by atoms with Gasteiger partial charge in [-0.05, 0) is 70.1 Å². The van der Waals surface area contributed by atoms with Crippen LogP contribution in [0.5, 0.6) is 5.75 Å². The van der Waals surface area contributed by atoms with Crippen LogP contribution in [0, 0.1) is 0 Å². The molecule has 3 fully saturated rings. The third kappa shape index (κ3) is 5.44. The summed E-state index contributed by atoms with van der Waals surface area (Å²) in [4.78, 5) is 35.3. The predicted molar refractivity (Wildman–Crippen MR) is 125 cm³/mol. The summed E-state index contributed by atoms with van der Waals surface area (Å²) in [6, 6.07) is 5.76. The first-order chi connectivity index (χ1) is 16.0. The average molecular weight is 444 g/mol. The highest BCUT2D eigenvalue weighted by molar-refractivity contribution is 5.97. The second-order valence-electron chi connectivity index (χ2n) is 9.46. The molecule has 0 atom stereocenters. The molecule has 2 saturated heterocycles. The standard InChI is InChI=1S/C25H38N4O3/c1-26-13-11-21(12-14-26)27-15-17-28(18-16-27)24(30)19-29(22-5-3-4-6-22)25(31)20-7-9-23(32-2)10-8-20/h7-10,21-22H,3-6,11-19H2,1-2H3/i7D. The highest BCUT2D eigenvalue weighted by Crippen LogP contribution is 2.26. The van der Waals surface area contributed by atoms with Crippen LogP contribution in [0.1, 0.15) is 50.3 Å². The summed E-state index contributed by atoms with van der Waals surface area (Å²) in [6.45, 7) is 5.66. The lowest BCUT2D eigenvalue weighted by Crippen LogP contribution is -2.56. The Kier molecular flexibility index (Phi) is 7.24. The Morgan fingerprint density at radius 3 is 2.34 bits per heavy atom. The number of methoxy groups -OCH3 is 1. The van der Waals surface area contributed by atoms with Gasteiger partial charge < -0.3 is 19.4 Å². The quantitative estimate of drug-likeness (QED) is 0.675. The van der Waals surface area contributed by atoms with Crippen molar-refractivity contribution >= 4 is 11.8 Å². The Balaban J connectivity index is 1.39. The first-order valence-electron chi connectivity index (χ1n) is 12.6. The molecule has 0 radical (unpaired) electrons. The fraction of sp³-hybridized carbons (Fsp3) is 0.680. The molecular formula is C25H38N4O3. The van der Waals surface area contributed by atoms with Crippen molar-refractivity contribution in [2.45, 2.75) is 50.6 Å². The van der Waals surface area contributed by atoms with Crippen LogP contribution < -0.4 is 4.74 Å². The highest BCUT2D eigenvalue weighted by atomic mass is 16.5. The fourth-order valence-electron chi connectivity index (χ4n) is 5.35. The van der Waals surface area contributed by atoms with Crippen molar-refractivity contribution in [1.82, 2.24) is 19.6 Å². The number of carbonyl (C=O) groups excluding carboxylic acids is 2. The predicted octanol–water partition coefficient (Wildman–Crippen LogP) is 2.32. The molecule has 1 saturated carbocycles. The van der Waals surface area contributed by atoms with E-state index >= 15 is 0 Å². The molecule has 2 aliphatic heterocycles. The molecule has 2 amide bonds. The van der Waals surface area contributed by atoms with E-state index < -0.39 is 0 Å². The zero-order chi connectivity index (χ0) is 23.4. The van der Waals surface area contributed by atoms with Crippen LogP contribution >= 0.6 is 0 Å². The first kappa shape index (κ1) is 21.7. The molecule has 4 rings (SSSR count). The van der Waals surface area contributed by atoms with Crippen LogP contribution in [-0.4, -0.2) is 103 Å². The molecule has 0 aromatic heterocycles. The summed E-state index contributed by atoms with van der Waals surface area (Å²) in [5.74, 6) is 0.369. The molecule has 0 bridgehead atoms. The average Bonchev–Trinajstić information content (AvgIpc) is 3.37. The molecule has 0 N–H and O–H groups in total. The van der Waals surface area contributed by atoms with Gasteiger partial charge in [-0.25, -0.2) is 0 Å². The first-order valence-corrected chi connectivity index (χ1v) is 12.1. The van der Waals surface area contributed by atoms with Gasteiger partial charge in [0, 0.05) is 43.8 Å². The van der Waals surface area contributed by atoms with Gasteiger partial charge in [0.2, 0.25) is 5.91 Å². The molecule has 7 heteroatoms. The number of ether oxygens (including phenoxy) is 1. The molecule has 1 aromatic carbocycles. The largest absolute Gasteiger partial charge is 0.497 e. The second kappa shape index (κ2) is 10.7. The van der Waals surface area contributed by atoms with Gasteiger partial charge in [0.25, 0.3) is 5.91 Å². The maximum atomic E-state index is 13.4. The zero-order valence-corrected chi connectivity index (χ0v) is 19.6. The van der Waals surface area contributed by atoms with Gasteiger partial charge in [-0.15, -0.1) is 0 Å². The molecule has 1 aliphatic carbocycles. The van der Waals surface area contributed by atoms with Crippen molar-refractivity contribution in [3.05, 3.63) is 29.8 Å². The molecule has 0 unspecified atom stereocenters. The van der Waals surface area contributed by atoms with E-state index in [-0.39, 0.29) is 30.4 Å². The van der Waals surface area contributed by atoms with E-state index in [0.29, 0.717) is 17.4 Å². The monoisotopic (exact) mass is 443 g/mol. The number of rotatable bonds is 6. The van der Waals surface area contributed by atoms with Crippen molar-refractivity contribution in [3.8, 4) is 5.75 Å². The Morgan fingerprint density at radius 2 is 1.72 bits per heavy atom. The Hall–Kier alpha value is -2.12. The minimum atomic E-state index is -0.215. The normalized spacial score (nSPS) is 22.1. The number of piperazine rings is 1. The van der Waals surface area contributed by atoms with E-state index in [9.17, 15) is 9.59 Å². The van der Waals surface area contributed by atoms with E-state index in [1.807, 2.05) is 4.90 Å². The number of amides is 2. The van der Waals surface area contributed by atoms with Crippen LogP contribution in [0.25, 0.3) is 0 Å². The number of nitrogens with zero attached hydrogens (tertiary/aromatic N) is 4. The summed E-state index contributed by atoms with van der Waals surface area (Å²) >= 11 is 0. The summed E-state index contributed by atoms with van der Waals surface area (Å²) in [7, 11) is 3.73.